The van der Waals surface area contributed by atoms with Gasteiger partial charge in [0.05, 0.1) is 6.61 Å². The number of hydrogen-bond donors (Lipinski definition) is 1. The van der Waals surface area contributed by atoms with Crippen molar-refractivity contribution in [2.24, 2.45) is 0 Å². The number of aliphatic hydroxyl groups excluding tert-OH is 1. The Kier molecular flexibility index (Phi) is 4.86. The van der Waals surface area contributed by atoms with E-state index in [-0.39, 0.29) is 12.5 Å². The normalized spacial score (nSPS) is 11.0. The average Bonchev–Trinajstić information content (AvgIpc) is 2.42. The summed E-state index contributed by atoms with van der Waals surface area (Å²) in [5, 5.41) is 10.1. The van der Waals surface area contributed by atoms with Crippen molar-refractivity contribution in [3.63, 3.8) is 0 Å². The van der Waals surface area contributed by atoms with E-state index in [1.165, 1.54) is 0 Å². The second kappa shape index (κ2) is 6.46. The van der Waals surface area contributed by atoms with Gasteiger partial charge in [-0.05, 0) is 54.7 Å². The Bertz CT molecular complexity index is 630. The number of rotatable bonds is 4. The van der Waals surface area contributed by atoms with Gasteiger partial charge >= 0.3 is 0 Å². The topological polar surface area (TPSA) is 42.4 Å². The summed E-state index contributed by atoms with van der Waals surface area (Å²) in [6.45, 7) is 8.00. The Morgan fingerprint density at radius 3 is 2.29 bits per heavy atom. The van der Waals surface area contributed by atoms with Crippen LogP contribution < -0.4 is 4.74 Å². The molecular formula is C17H20ClNO2. The summed E-state index contributed by atoms with van der Waals surface area (Å²) in [6, 6.07) is 7.39. The number of aryl methyl sites for hydroxylation is 2. The van der Waals surface area contributed by atoms with Crippen LogP contribution in [0, 0.1) is 13.8 Å². The molecule has 0 aliphatic carbocycles. The van der Waals surface area contributed by atoms with Crippen LogP contribution in [0.3, 0.4) is 0 Å². The number of pyridine rings is 1. The van der Waals surface area contributed by atoms with E-state index in [1.54, 1.807) is 6.07 Å². The maximum absolute atomic E-state index is 9.38. The van der Waals surface area contributed by atoms with Gasteiger partial charge in [0.2, 0.25) is 5.88 Å². The first kappa shape index (κ1) is 15.8. The molecule has 0 spiro atoms. The summed E-state index contributed by atoms with van der Waals surface area (Å²) < 4.78 is 5.95. The van der Waals surface area contributed by atoms with Crippen LogP contribution in [0.2, 0.25) is 5.02 Å². The Morgan fingerprint density at radius 1 is 1.14 bits per heavy atom. The summed E-state index contributed by atoms with van der Waals surface area (Å²) in [4.78, 5) is 4.51. The molecule has 0 saturated heterocycles. The zero-order chi connectivity index (χ0) is 15.6. The highest BCUT2D eigenvalue weighted by molar-refractivity contribution is 6.30. The van der Waals surface area contributed by atoms with Gasteiger partial charge in [0.25, 0.3) is 0 Å². The quantitative estimate of drug-likeness (QED) is 0.885. The van der Waals surface area contributed by atoms with E-state index in [0.29, 0.717) is 10.9 Å². The van der Waals surface area contributed by atoms with E-state index in [9.17, 15) is 5.11 Å². The van der Waals surface area contributed by atoms with E-state index in [1.807, 2.05) is 32.0 Å². The van der Waals surface area contributed by atoms with Gasteiger partial charge in [0.15, 0.2) is 0 Å². The highest BCUT2D eigenvalue weighted by Gasteiger charge is 2.11. The van der Waals surface area contributed by atoms with Crippen LogP contribution in [0.4, 0.5) is 0 Å². The number of benzene rings is 1. The van der Waals surface area contributed by atoms with Gasteiger partial charge in [-0.15, -0.1) is 0 Å². The van der Waals surface area contributed by atoms with Crippen molar-refractivity contribution in [2.45, 2.75) is 40.2 Å². The summed E-state index contributed by atoms with van der Waals surface area (Å²) in [6.07, 6.45) is 0. The van der Waals surface area contributed by atoms with Crippen LogP contribution in [0.25, 0.3) is 0 Å². The smallest absolute Gasteiger partial charge is 0.219 e. The molecule has 0 unspecified atom stereocenters. The lowest BCUT2D eigenvalue weighted by molar-refractivity contribution is 0.280. The molecule has 0 aliphatic heterocycles. The van der Waals surface area contributed by atoms with E-state index in [2.05, 4.69) is 18.8 Å². The Morgan fingerprint density at radius 2 is 1.76 bits per heavy atom. The third-order valence-corrected chi connectivity index (χ3v) is 3.51. The van der Waals surface area contributed by atoms with Crippen LogP contribution in [-0.4, -0.2) is 10.1 Å². The molecule has 0 aliphatic rings. The molecular weight excluding hydrogens is 286 g/mol. The predicted octanol–water partition coefficient (Wildman–Crippen LogP) is 4.76. The zero-order valence-electron chi connectivity index (χ0n) is 12.8. The van der Waals surface area contributed by atoms with E-state index in [4.69, 9.17) is 16.3 Å². The van der Waals surface area contributed by atoms with E-state index >= 15 is 0 Å². The number of aliphatic hydroxyl groups is 1. The number of hydrogen-bond acceptors (Lipinski definition) is 3. The largest absolute Gasteiger partial charge is 0.438 e. The molecule has 1 N–H and O–H groups in total. The molecule has 0 amide bonds. The first-order valence-electron chi connectivity index (χ1n) is 6.97. The predicted molar refractivity (Wildman–Crippen MR) is 85.2 cm³/mol. The molecule has 21 heavy (non-hydrogen) atoms. The lowest BCUT2D eigenvalue weighted by Crippen LogP contribution is -2.00. The molecule has 0 saturated carbocycles. The molecule has 1 heterocycles. The molecule has 4 heteroatoms. The highest BCUT2D eigenvalue weighted by Crippen LogP contribution is 2.31. The number of ether oxygens (including phenoxy) is 1. The minimum Gasteiger partial charge on any atom is -0.438 e. The minimum absolute atomic E-state index is 0.0306. The standard InChI is InChI=1S/C17H20ClNO2/c1-10(2)15-7-13(9-20)8-16(19-15)21-17-11(3)5-14(18)6-12(17)4/h5-8,10,20H,9H2,1-4H3. The van der Waals surface area contributed by atoms with Crippen molar-refractivity contribution in [3.8, 4) is 11.6 Å². The lowest BCUT2D eigenvalue weighted by atomic mass is 10.1. The van der Waals surface area contributed by atoms with Gasteiger partial charge in [-0.3, -0.25) is 0 Å². The third-order valence-electron chi connectivity index (χ3n) is 3.29. The molecule has 0 radical (unpaired) electrons. The average molecular weight is 306 g/mol. The number of nitrogens with zero attached hydrogens (tertiary/aromatic N) is 1. The summed E-state index contributed by atoms with van der Waals surface area (Å²) in [5.74, 6) is 1.53. The maximum Gasteiger partial charge on any atom is 0.219 e. The van der Waals surface area contributed by atoms with Crippen LogP contribution >= 0.6 is 11.6 Å². The molecule has 1 aromatic carbocycles. The molecule has 0 fully saturated rings. The zero-order valence-corrected chi connectivity index (χ0v) is 13.5. The fourth-order valence-corrected chi connectivity index (χ4v) is 2.51. The first-order chi connectivity index (χ1) is 9.90. The van der Waals surface area contributed by atoms with Gasteiger partial charge in [-0.2, -0.15) is 0 Å². The fraction of sp³-hybridized carbons (Fsp3) is 0.353. The van der Waals surface area contributed by atoms with Crippen molar-refractivity contribution in [2.75, 3.05) is 0 Å². The molecule has 3 nitrogen and oxygen atoms in total. The second-order valence-electron chi connectivity index (χ2n) is 5.52. The monoisotopic (exact) mass is 305 g/mol. The fourth-order valence-electron chi connectivity index (χ4n) is 2.18. The Balaban J connectivity index is 2.42. The van der Waals surface area contributed by atoms with Crippen LogP contribution in [0.15, 0.2) is 24.3 Å². The van der Waals surface area contributed by atoms with Gasteiger partial charge in [-0.1, -0.05) is 25.4 Å². The van der Waals surface area contributed by atoms with Gasteiger partial charge in [0, 0.05) is 16.8 Å². The van der Waals surface area contributed by atoms with Crippen molar-refractivity contribution < 1.29 is 9.84 Å². The van der Waals surface area contributed by atoms with Crippen molar-refractivity contribution >= 4 is 11.6 Å². The van der Waals surface area contributed by atoms with E-state index < -0.39 is 0 Å². The summed E-state index contributed by atoms with van der Waals surface area (Å²) >= 11 is 6.04. The SMILES string of the molecule is Cc1cc(Cl)cc(C)c1Oc1cc(CO)cc(C(C)C)n1. The highest BCUT2D eigenvalue weighted by atomic mass is 35.5. The first-order valence-corrected chi connectivity index (χ1v) is 7.34. The molecule has 0 atom stereocenters. The van der Waals surface area contributed by atoms with Crippen molar-refractivity contribution in [1.29, 1.82) is 0 Å². The molecule has 0 bridgehead atoms. The van der Waals surface area contributed by atoms with Crippen molar-refractivity contribution in [3.05, 3.63) is 51.7 Å². The Hall–Kier alpha value is -1.58. The number of aromatic nitrogens is 1. The third kappa shape index (κ3) is 3.74. The molecule has 1 aromatic heterocycles. The van der Waals surface area contributed by atoms with Gasteiger partial charge in [0.1, 0.15) is 5.75 Å². The molecule has 2 rings (SSSR count). The van der Waals surface area contributed by atoms with Crippen LogP contribution in [-0.2, 0) is 6.61 Å². The van der Waals surface area contributed by atoms with Crippen LogP contribution in [0.5, 0.6) is 11.6 Å². The van der Waals surface area contributed by atoms with Gasteiger partial charge < -0.3 is 9.84 Å². The maximum atomic E-state index is 9.38. The molecule has 112 valence electrons. The van der Waals surface area contributed by atoms with Gasteiger partial charge in [-0.25, -0.2) is 4.98 Å². The number of halogens is 1. The van der Waals surface area contributed by atoms with E-state index in [0.717, 1.165) is 28.1 Å². The molecule has 2 aromatic rings. The minimum atomic E-state index is -0.0306. The lowest BCUT2D eigenvalue weighted by Gasteiger charge is -2.14. The summed E-state index contributed by atoms with van der Waals surface area (Å²) in [5.41, 5.74) is 3.62. The van der Waals surface area contributed by atoms with Crippen molar-refractivity contribution in [1.82, 2.24) is 4.98 Å². The summed E-state index contributed by atoms with van der Waals surface area (Å²) in [7, 11) is 0. The Labute approximate surface area is 130 Å². The second-order valence-corrected chi connectivity index (χ2v) is 5.96. The van der Waals surface area contributed by atoms with Crippen LogP contribution in [0.1, 0.15) is 42.1 Å².